The van der Waals surface area contributed by atoms with Crippen LogP contribution in [0.25, 0.3) is 10.8 Å². The van der Waals surface area contributed by atoms with Gasteiger partial charge in [-0.2, -0.15) is 17.9 Å². The van der Waals surface area contributed by atoms with E-state index in [-0.39, 0.29) is 12.6 Å². The molecular weight excluding hydrogens is 232 g/mol. The van der Waals surface area contributed by atoms with Crippen molar-refractivity contribution in [2.75, 3.05) is 12.4 Å². The van der Waals surface area contributed by atoms with Gasteiger partial charge in [0.25, 0.3) is 0 Å². The molecular formula is C13H14N2OS. The summed E-state index contributed by atoms with van der Waals surface area (Å²) in [5.74, 6) is 0.685. The van der Waals surface area contributed by atoms with Crippen molar-refractivity contribution in [3.63, 3.8) is 0 Å². The van der Waals surface area contributed by atoms with Gasteiger partial charge in [0, 0.05) is 17.0 Å². The quantitative estimate of drug-likeness (QED) is 0.814. The Kier molecular flexibility index (Phi) is 3.72. The van der Waals surface area contributed by atoms with Gasteiger partial charge in [-0.3, -0.25) is 0 Å². The molecule has 17 heavy (non-hydrogen) atoms. The number of nitriles is 1. The lowest BCUT2D eigenvalue weighted by Gasteiger charge is -2.16. The summed E-state index contributed by atoms with van der Waals surface area (Å²) in [6.45, 7) is 0.0240. The first-order valence-electron chi connectivity index (χ1n) is 5.53. The number of rotatable bonds is 4. The van der Waals surface area contributed by atoms with Crippen molar-refractivity contribution in [3.05, 3.63) is 36.2 Å². The van der Waals surface area contributed by atoms with Crippen molar-refractivity contribution < 1.29 is 5.11 Å². The molecule has 0 aliphatic rings. The fourth-order valence-electron chi connectivity index (χ4n) is 2.05. The van der Waals surface area contributed by atoms with Gasteiger partial charge in [-0.1, -0.05) is 24.3 Å². The van der Waals surface area contributed by atoms with E-state index in [9.17, 15) is 10.4 Å². The van der Waals surface area contributed by atoms with Crippen molar-refractivity contribution in [2.45, 2.75) is 12.5 Å². The van der Waals surface area contributed by atoms with Crippen molar-refractivity contribution in [1.82, 2.24) is 4.57 Å². The first-order valence-corrected chi connectivity index (χ1v) is 6.16. The molecule has 0 radical (unpaired) electrons. The second-order valence-corrected chi connectivity index (χ2v) is 4.38. The number of hydrogen-bond donors (Lipinski definition) is 2. The number of thiol groups is 1. The smallest absolute Gasteiger partial charge is 0.128 e. The van der Waals surface area contributed by atoms with Gasteiger partial charge in [0.1, 0.15) is 11.8 Å². The minimum atomic E-state index is -0.0745. The molecule has 88 valence electrons. The van der Waals surface area contributed by atoms with Gasteiger partial charge in [-0.05, 0) is 12.2 Å². The molecule has 2 rings (SSSR count). The molecule has 0 fully saturated rings. The minimum absolute atomic E-state index is 0.0240. The van der Waals surface area contributed by atoms with E-state index in [0.717, 1.165) is 17.2 Å². The average Bonchev–Trinajstić information content (AvgIpc) is 2.74. The van der Waals surface area contributed by atoms with Crippen molar-refractivity contribution in [3.8, 4) is 6.07 Å². The molecule has 3 nitrogen and oxygen atoms in total. The molecule has 1 heterocycles. The fourth-order valence-corrected chi connectivity index (χ4v) is 2.35. The highest BCUT2D eigenvalue weighted by atomic mass is 32.1. The molecule has 1 unspecified atom stereocenters. The molecule has 1 N–H and O–H groups in total. The molecule has 4 heteroatoms. The third-order valence-electron chi connectivity index (χ3n) is 2.92. The Bertz CT molecular complexity index is 556. The van der Waals surface area contributed by atoms with E-state index >= 15 is 0 Å². The Morgan fingerprint density at radius 2 is 2.18 bits per heavy atom. The summed E-state index contributed by atoms with van der Waals surface area (Å²) in [7, 11) is 0. The average molecular weight is 246 g/mol. The lowest BCUT2D eigenvalue weighted by atomic mass is 10.2. The van der Waals surface area contributed by atoms with Crippen LogP contribution < -0.4 is 0 Å². The Balaban J connectivity index is 2.57. The summed E-state index contributed by atoms with van der Waals surface area (Å²) in [4.78, 5) is 0. The Morgan fingerprint density at radius 3 is 2.82 bits per heavy atom. The maximum absolute atomic E-state index is 9.39. The van der Waals surface area contributed by atoms with Gasteiger partial charge in [0.05, 0.1) is 12.6 Å². The highest BCUT2D eigenvalue weighted by molar-refractivity contribution is 7.80. The van der Waals surface area contributed by atoms with Crippen LogP contribution in [0.4, 0.5) is 0 Å². The van der Waals surface area contributed by atoms with Crippen LogP contribution in [0.15, 0.2) is 30.5 Å². The van der Waals surface area contributed by atoms with Crippen LogP contribution in [0.1, 0.15) is 18.2 Å². The van der Waals surface area contributed by atoms with Gasteiger partial charge in [0.2, 0.25) is 0 Å². The molecule has 0 aliphatic heterocycles. The summed E-state index contributed by atoms with van der Waals surface area (Å²) < 4.78 is 1.86. The number of nitrogens with zero attached hydrogens (tertiary/aromatic N) is 2. The summed E-state index contributed by atoms with van der Waals surface area (Å²) in [5.41, 5.74) is 0.612. The van der Waals surface area contributed by atoms with Gasteiger partial charge in [0.15, 0.2) is 0 Å². The summed E-state index contributed by atoms with van der Waals surface area (Å²) >= 11 is 4.18. The topological polar surface area (TPSA) is 49.0 Å². The van der Waals surface area contributed by atoms with E-state index in [1.807, 2.05) is 35.0 Å². The van der Waals surface area contributed by atoms with Crippen LogP contribution >= 0.6 is 12.6 Å². The number of aliphatic hydroxyl groups is 1. The molecule has 1 aromatic carbocycles. The van der Waals surface area contributed by atoms with E-state index in [4.69, 9.17) is 0 Å². The normalized spacial score (nSPS) is 12.5. The number of hydrogen-bond acceptors (Lipinski definition) is 3. The zero-order chi connectivity index (χ0) is 12.3. The van der Waals surface area contributed by atoms with E-state index in [1.54, 1.807) is 0 Å². The van der Waals surface area contributed by atoms with Gasteiger partial charge in [-0.25, -0.2) is 0 Å². The molecule has 0 bridgehead atoms. The maximum atomic E-state index is 9.39. The largest absolute Gasteiger partial charge is 0.394 e. The van der Waals surface area contributed by atoms with E-state index < -0.39 is 0 Å². The molecule has 0 aliphatic carbocycles. The van der Waals surface area contributed by atoms with E-state index in [1.165, 1.54) is 0 Å². The molecule has 1 atom stereocenters. The Labute approximate surface area is 106 Å². The van der Waals surface area contributed by atoms with Crippen LogP contribution in [0.2, 0.25) is 0 Å². The molecule has 0 saturated carbocycles. The maximum Gasteiger partial charge on any atom is 0.128 e. The predicted octanol–water partition coefficient (Wildman–Crippen LogP) is 2.37. The minimum Gasteiger partial charge on any atom is -0.394 e. The van der Waals surface area contributed by atoms with Crippen molar-refractivity contribution in [2.24, 2.45) is 0 Å². The Morgan fingerprint density at radius 1 is 1.41 bits per heavy atom. The number of aliphatic hydroxyl groups excluding tert-OH is 1. The van der Waals surface area contributed by atoms with Crippen molar-refractivity contribution in [1.29, 1.82) is 5.26 Å². The monoisotopic (exact) mass is 246 g/mol. The lowest BCUT2D eigenvalue weighted by Crippen LogP contribution is -2.14. The second-order valence-electron chi connectivity index (χ2n) is 3.93. The molecule has 1 aromatic heterocycles. The number of aromatic nitrogens is 1. The predicted molar refractivity (Wildman–Crippen MR) is 71.2 cm³/mol. The summed E-state index contributed by atoms with van der Waals surface area (Å²) in [6.07, 6.45) is 2.67. The fraction of sp³-hybridized carbons (Fsp3) is 0.308. The second kappa shape index (κ2) is 5.26. The summed E-state index contributed by atoms with van der Waals surface area (Å²) in [6, 6.07) is 9.91. The standard InChI is InChI=1S/C13H14N2OS/c14-7-13-12-4-2-1-3-10(12)8-15(13)11(9-16)5-6-17/h1-4,8,11,16-17H,5-6,9H2. The van der Waals surface area contributed by atoms with Crippen LogP contribution in [0, 0.1) is 11.3 Å². The van der Waals surface area contributed by atoms with Crippen LogP contribution in [-0.2, 0) is 0 Å². The van der Waals surface area contributed by atoms with Crippen molar-refractivity contribution >= 4 is 23.4 Å². The summed E-state index contributed by atoms with van der Waals surface area (Å²) in [5, 5.41) is 20.6. The molecule has 0 saturated heterocycles. The van der Waals surface area contributed by atoms with Gasteiger partial charge >= 0.3 is 0 Å². The molecule has 0 spiro atoms. The van der Waals surface area contributed by atoms with Crippen LogP contribution in [0.3, 0.4) is 0 Å². The highest BCUT2D eigenvalue weighted by Crippen LogP contribution is 2.25. The van der Waals surface area contributed by atoms with E-state index in [0.29, 0.717) is 11.4 Å². The molecule has 2 aromatic rings. The van der Waals surface area contributed by atoms with Gasteiger partial charge < -0.3 is 9.67 Å². The SMILES string of the molecule is N#Cc1c2ccccc2cn1C(CO)CCS. The van der Waals surface area contributed by atoms with Gasteiger partial charge in [-0.15, -0.1) is 0 Å². The highest BCUT2D eigenvalue weighted by Gasteiger charge is 2.15. The first-order chi connectivity index (χ1) is 8.31. The zero-order valence-corrected chi connectivity index (χ0v) is 10.3. The van der Waals surface area contributed by atoms with Crippen LogP contribution in [-0.4, -0.2) is 22.0 Å². The number of benzene rings is 1. The third-order valence-corrected chi connectivity index (χ3v) is 3.18. The Hall–Kier alpha value is -1.44. The zero-order valence-electron chi connectivity index (χ0n) is 9.37. The number of fused-ring (bicyclic) bond motifs is 1. The van der Waals surface area contributed by atoms with E-state index in [2.05, 4.69) is 18.7 Å². The molecule has 0 amide bonds. The third kappa shape index (κ3) is 2.17. The lowest BCUT2D eigenvalue weighted by molar-refractivity contribution is 0.225. The van der Waals surface area contributed by atoms with Crippen LogP contribution in [0.5, 0.6) is 0 Å². The first kappa shape index (κ1) is 12.0.